The van der Waals surface area contributed by atoms with Crippen LogP contribution in [0.5, 0.6) is 0 Å². The number of aromatic nitrogens is 1. The van der Waals surface area contributed by atoms with E-state index in [1.54, 1.807) is 6.08 Å². The van der Waals surface area contributed by atoms with Crippen LogP contribution < -0.4 is 5.32 Å². The highest BCUT2D eigenvalue weighted by atomic mass is 14.9. The van der Waals surface area contributed by atoms with Gasteiger partial charge in [0.1, 0.15) is 0 Å². The summed E-state index contributed by atoms with van der Waals surface area (Å²) >= 11 is 0. The zero-order valence-corrected chi connectivity index (χ0v) is 10.5. The number of hydrogen-bond donors (Lipinski definition) is 1. The maximum atomic E-state index is 4.46. The van der Waals surface area contributed by atoms with E-state index in [2.05, 4.69) is 41.7 Å². The van der Waals surface area contributed by atoms with Crippen molar-refractivity contribution in [1.29, 1.82) is 0 Å². The zero-order valence-electron chi connectivity index (χ0n) is 10.5. The van der Waals surface area contributed by atoms with E-state index in [1.807, 2.05) is 31.4 Å². The molecule has 1 N–H and O–H groups in total. The molecule has 1 aromatic heterocycles. The highest BCUT2D eigenvalue weighted by Gasteiger charge is 2.06. The van der Waals surface area contributed by atoms with Gasteiger partial charge in [0.15, 0.2) is 0 Å². The fraction of sp³-hybridized carbons (Fsp3) is 0.0625. The molecule has 0 aliphatic carbocycles. The average molecular weight is 236 g/mol. The molecule has 1 aromatic carbocycles. The first-order valence-electron chi connectivity index (χ1n) is 5.81. The molecule has 2 aromatic rings. The van der Waals surface area contributed by atoms with Gasteiger partial charge in [0.25, 0.3) is 0 Å². The lowest BCUT2D eigenvalue weighted by atomic mass is 10.0. The van der Waals surface area contributed by atoms with Crippen LogP contribution in [-0.4, -0.2) is 12.0 Å². The largest absolute Gasteiger partial charge is 0.387 e. The first kappa shape index (κ1) is 12.1. The molecule has 18 heavy (non-hydrogen) atoms. The quantitative estimate of drug-likeness (QED) is 0.877. The third-order valence-corrected chi connectivity index (χ3v) is 2.83. The summed E-state index contributed by atoms with van der Waals surface area (Å²) in [4.78, 5) is 4.46. The van der Waals surface area contributed by atoms with Gasteiger partial charge in [-0.25, -0.2) is 0 Å². The zero-order chi connectivity index (χ0) is 13.0. The second-order valence-corrected chi connectivity index (χ2v) is 3.96. The lowest BCUT2D eigenvalue weighted by Gasteiger charge is -2.10. The van der Waals surface area contributed by atoms with Gasteiger partial charge in [-0.2, -0.15) is 0 Å². The van der Waals surface area contributed by atoms with E-state index in [4.69, 9.17) is 0 Å². The first-order chi connectivity index (χ1) is 8.76. The molecule has 0 amide bonds. The number of pyridine rings is 1. The van der Waals surface area contributed by atoms with Crippen molar-refractivity contribution in [3.05, 3.63) is 67.0 Å². The lowest BCUT2D eigenvalue weighted by molar-refractivity contribution is 1.09. The van der Waals surface area contributed by atoms with Crippen LogP contribution in [0.15, 0.2) is 55.8 Å². The van der Waals surface area contributed by atoms with Crippen LogP contribution in [0.25, 0.3) is 22.9 Å². The summed E-state index contributed by atoms with van der Waals surface area (Å²) in [7, 11) is 1.84. The molecule has 90 valence electrons. The van der Waals surface area contributed by atoms with Crippen LogP contribution in [0.2, 0.25) is 0 Å². The Kier molecular flexibility index (Phi) is 3.58. The Balaban J connectivity index is 2.49. The molecule has 0 saturated carbocycles. The number of nitrogens with zero attached hydrogens (tertiary/aromatic N) is 1. The summed E-state index contributed by atoms with van der Waals surface area (Å²) in [6, 6.07) is 12.2. The Morgan fingerprint density at radius 1 is 1.22 bits per heavy atom. The minimum atomic E-state index is 0.796. The predicted octanol–water partition coefficient (Wildman–Crippen LogP) is 3.58. The number of hydrogen-bond acceptors (Lipinski definition) is 2. The molecule has 0 unspecified atom stereocenters. The molecular weight excluding hydrogens is 220 g/mol. The van der Waals surface area contributed by atoms with Crippen LogP contribution >= 0.6 is 0 Å². The third-order valence-electron chi connectivity index (χ3n) is 2.83. The Labute approximate surface area is 108 Å². The van der Waals surface area contributed by atoms with Crippen LogP contribution in [0.4, 0.5) is 0 Å². The number of rotatable bonds is 4. The fourth-order valence-electron chi connectivity index (χ4n) is 1.80. The predicted molar refractivity (Wildman–Crippen MR) is 77.9 cm³/mol. The molecule has 0 aliphatic heterocycles. The Morgan fingerprint density at radius 2 is 1.94 bits per heavy atom. The number of nitrogens with one attached hydrogen (secondary N) is 1. The van der Waals surface area contributed by atoms with E-state index in [0.717, 1.165) is 28.1 Å². The highest BCUT2D eigenvalue weighted by Crippen LogP contribution is 2.23. The highest BCUT2D eigenvalue weighted by molar-refractivity contribution is 5.73. The summed E-state index contributed by atoms with van der Waals surface area (Å²) < 4.78 is 0. The van der Waals surface area contributed by atoms with Crippen LogP contribution in [0.3, 0.4) is 0 Å². The van der Waals surface area contributed by atoms with Crippen LogP contribution in [0, 0.1) is 0 Å². The van der Waals surface area contributed by atoms with Crippen LogP contribution in [0.1, 0.15) is 11.3 Å². The normalized spacial score (nSPS) is 9.83. The lowest BCUT2D eigenvalue weighted by Crippen LogP contribution is -2.06. The monoisotopic (exact) mass is 236 g/mol. The first-order valence-corrected chi connectivity index (χ1v) is 5.81. The van der Waals surface area contributed by atoms with Gasteiger partial charge >= 0.3 is 0 Å². The minimum Gasteiger partial charge on any atom is -0.387 e. The van der Waals surface area contributed by atoms with Crippen molar-refractivity contribution < 1.29 is 0 Å². The molecule has 0 fully saturated rings. The molecule has 0 bridgehead atoms. The SMILES string of the molecule is C=Cc1cc(-c2ccccc2)cnc1C(=C)NC. The Morgan fingerprint density at radius 3 is 2.56 bits per heavy atom. The molecule has 0 spiro atoms. The summed E-state index contributed by atoms with van der Waals surface area (Å²) in [5.41, 5.74) is 4.85. The molecule has 0 atom stereocenters. The van der Waals surface area contributed by atoms with E-state index in [0.29, 0.717) is 0 Å². The average Bonchev–Trinajstić information content (AvgIpc) is 2.46. The van der Waals surface area contributed by atoms with Crippen molar-refractivity contribution in [2.24, 2.45) is 0 Å². The third kappa shape index (κ3) is 2.33. The van der Waals surface area contributed by atoms with Crippen molar-refractivity contribution in [3.8, 4) is 11.1 Å². The van der Waals surface area contributed by atoms with Gasteiger partial charge in [-0.15, -0.1) is 0 Å². The van der Waals surface area contributed by atoms with Gasteiger partial charge in [-0.05, 0) is 11.6 Å². The number of benzene rings is 1. The molecule has 0 aliphatic rings. The molecular formula is C16H16N2. The minimum absolute atomic E-state index is 0.796. The smallest absolute Gasteiger partial charge is 0.0927 e. The Hall–Kier alpha value is -2.35. The molecule has 0 radical (unpaired) electrons. The summed E-state index contributed by atoms with van der Waals surface area (Å²) in [6.45, 7) is 7.77. The van der Waals surface area contributed by atoms with E-state index >= 15 is 0 Å². The summed E-state index contributed by atoms with van der Waals surface area (Å²) in [6.07, 6.45) is 3.66. The van der Waals surface area contributed by atoms with E-state index < -0.39 is 0 Å². The second-order valence-electron chi connectivity index (χ2n) is 3.96. The molecule has 2 rings (SSSR count). The van der Waals surface area contributed by atoms with Gasteiger partial charge in [-0.1, -0.05) is 49.6 Å². The molecule has 1 heterocycles. The van der Waals surface area contributed by atoms with Crippen molar-refractivity contribution >= 4 is 11.8 Å². The standard InChI is InChI=1S/C16H16N2/c1-4-13-10-15(14-8-6-5-7-9-14)11-18-16(13)12(2)17-3/h4-11,17H,1-2H2,3H3. The van der Waals surface area contributed by atoms with Gasteiger partial charge in [0.05, 0.1) is 11.4 Å². The van der Waals surface area contributed by atoms with Crippen LogP contribution in [-0.2, 0) is 0 Å². The van der Waals surface area contributed by atoms with Crippen molar-refractivity contribution in [2.45, 2.75) is 0 Å². The molecule has 0 saturated heterocycles. The van der Waals surface area contributed by atoms with Crippen molar-refractivity contribution in [3.63, 3.8) is 0 Å². The van der Waals surface area contributed by atoms with Gasteiger partial charge in [0, 0.05) is 24.4 Å². The fourth-order valence-corrected chi connectivity index (χ4v) is 1.80. The van der Waals surface area contributed by atoms with Gasteiger partial charge in [-0.3, -0.25) is 4.98 Å². The maximum absolute atomic E-state index is 4.46. The van der Waals surface area contributed by atoms with E-state index in [1.165, 1.54) is 0 Å². The van der Waals surface area contributed by atoms with Crippen molar-refractivity contribution in [1.82, 2.24) is 10.3 Å². The maximum Gasteiger partial charge on any atom is 0.0927 e. The van der Waals surface area contributed by atoms with Gasteiger partial charge < -0.3 is 5.32 Å². The molecule has 2 nitrogen and oxygen atoms in total. The van der Waals surface area contributed by atoms with Gasteiger partial charge in [0.2, 0.25) is 0 Å². The Bertz CT molecular complexity index is 571. The second kappa shape index (κ2) is 5.32. The van der Waals surface area contributed by atoms with Crippen molar-refractivity contribution in [2.75, 3.05) is 7.05 Å². The van der Waals surface area contributed by atoms with E-state index in [-0.39, 0.29) is 0 Å². The van der Waals surface area contributed by atoms with E-state index in [9.17, 15) is 0 Å². The summed E-state index contributed by atoms with van der Waals surface area (Å²) in [5.74, 6) is 0. The molecule has 2 heteroatoms. The topological polar surface area (TPSA) is 24.9 Å². The summed E-state index contributed by atoms with van der Waals surface area (Å²) in [5, 5.41) is 3.01.